The largest absolute Gasteiger partial charge is 0.506 e. The highest BCUT2D eigenvalue weighted by atomic mass is 35.5. The van der Waals surface area contributed by atoms with Gasteiger partial charge in [-0.25, -0.2) is 0 Å². The minimum Gasteiger partial charge on any atom is -0.506 e. The van der Waals surface area contributed by atoms with Gasteiger partial charge in [-0.2, -0.15) is 0 Å². The van der Waals surface area contributed by atoms with E-state index in [0.717, 1.165) is 18.4 Å². The molecule has 82 valence electrons. The third-order valence-corrected chi connectivity index (χ3v) is 3.61. The molecule has 1 saturated carbocycles. The lowest BCUT2D eigenvalue weighted by Crippen LogP contribution is -2.04. The summed E-state index contributed by atoms with van der Waals surface area (Å²) in [6.07, 6.45) is 6.02. The summed E-state index contributed by atoms with van der Waals surface area (Å²) in [6.45, 7) is 0. The maximum atomic E-state index is 9.88. The second kappa shape index (κ2) is 4.63. The minimum absolute atomic E-state index is 0.216. The molecule has 0 saturated heterocycles. The molecule has 0 bridgehead atoms. The molecule has 1 aromatic carbocycles. The van der Waals surface area contributed by atoms with Crippen molar-refractivity contribution in [2.75, 3.05) is 0 Å². The van der Waals surface area contributed by atoms with Crippen LogP contribution in [0.2, 0.25) is 10.0 Å². The second-order valence-corrected chi connectivity index (χ2v) is 5.00. The zero-order chi connectivity index (χ0) is 10.8. The maximum absolute atomic E-state index is 9.88. The van der Waals surface area contributed by atoms with Gasteiger partial charge in [0.2, 0.25) is 0 Å². The summed E-state index contributed by atoms with van der Waals surface area (Å²) >= 11 is 11.8. The number of rotatable bonds is 1. The first-order valence-electron chi connectivity index (χ1n) is 5.36. The van der Waals surface area contributed by atoms with E-state index in [9.17, 15) is 5.11 Å². The summed E-state index contributed by atoms with van der Waals surface area (Å²) in [7, 11) is 0. The number of aromatic hydroxyl groups is 1. The van der Waals surface area contributed by atoms with E-state index in [1.165, 1.54) is 19.3 Å². The van der Waals surface area contributed by atoms with E-state index < -0.39 is 0 Å². The summed E-state index contributed by atoms with van der Waals surface area (Å²) in [4.78, 5) is 0. The molecule has 1 N–H and O–H groups in total. The van der Waals surface area contributed by atoms with Gasteiger partial charge in [0.15, 0.2) is 0 Å². The fourth-order valence-electron chi connectivity index (χ4n) is 2.31. The van der Waals surface area contributed by atoms with Crippen LogP contribution in [-0.2, 0) is 0 Å². The van der Waals surface area contributed by atoms with Crippen LogP contribution >= 0.6 is 23.2 Å². The molecule has 1 fully saturated rings. The van der Waals surface area contributed by atoms with Crippen molar-refractivity contribution in [3.63, 3.8) is 0 Å². The maximum Gasteiger partial charge on any atom is 0.137 e. The number of halogens is 2. The average Bonchev–Trinajstić information content (AvgIpc) is 2.24. The van der Waals surface area contributed by atoms with Crippen LogP contribution in [0.4, 0.5) is 0 Å². The summed E-state index contributed by atoms with van der Waals surface area (Å²) in [5.41, 5.74) is 0.923. The number of phenolic OH excluding ortho intramolecular Hbond substituents is 1. The third kappa shape index (κ3) is 2.40. The monoisotopic (exact) mass is 244 g/mol. The molecule has 1 aliphatic rings. The van der Waals surface area contributed by atoms with Crippen LogP contribution in [0.5, 0.6) is 5.75 Å². The third-order valence-electron chi connectivity index (χ3n) is 3.10. The molecule has 0 spiro atoms. The number of phenols is 1. The fraction of sp³-hybridized carbons (Fsp3) is 0.500. The van der Waals surface area contributed by atoms with Crippen molar-refractivity contribution >= 4 is 23.2 Å². The van der Waals surface area contributed by atoms with Crippen LogP contribution in [-0.4, -0.2) is 5.11 Å². The van der Waals surface area contributed by atoms with E-state index in [2.05, 4.69) is 0 Å². The molecule has 0 heterocycles. The second-order valence-electron chi connectivity index (χ2n) is 4.16. The first-order chi connectivity index (χ1) is 7.18. The van der Waals surface area contributed by atoms with Crippen molar-refractivity contribution in [3.05, 3.63) is 27.7 Å². The van der Waals surface area contributed by atoms with Gasteiger partial charge in [0, 0.05) is 5.02 Å². The van der Waals surface area contributed by atoms with E-state index in [1.807, 2.05) is 6.07 Å². The molecule has 15 heavy (non-hydrogen) atoms. The van der Waals surface area contributed by atoms with Gasteiger partial charge in [0.25, 0.3) is 0 Å². The van der Waals surface area contributed by atoms with Crippen LogP contribution in [0.1, 0.15) is 43.6 Å². The molecule has 1 aromatic rings. The average molecular weight is 245 g/mol. The predicted octanol–water partition coefficient (Wildman–Crippen LogP) is 4.75. The summed E-state index contributed by atoms with van der Waals surface area (Å²) in [5.74, 6) is 0.642. The Hall–Kier alpha value is -0.400. The van der Waals surface area contributed by atoms with E-state index in [0.29, 0.717) is 16.0 Å². The Morgan fingerprint density at radius 1 is 1.07 bits per heavy atom. The molecule has 0 aromatic heterocycles. The molecular formula is C12H14Cl2O. The summed E-state index contributed by atoms with van der Waals surface area (Å²) < 4.78 is 0. The van der Waals surface area contributed by atoms with Crippen molar-refractivity contribution in [3.8, 4) is 5.75 Å². The molecular weight excluding hydrogens is 231 g/mol. The van der Waals surface area contributed by atoms with Gasteiger partial charge in [-0.1, -0.05) is 42.5 Å². The number of hydrogen-bond acceptors (Lipinski definition) is 1. The van der Waals surface area contributed by atoms with Crippen molar-refractivity contribution in [2.24, 2.45) is 0 Å². The highest BCUT2D eigenvalue weighted by Gasteiger charge is 2.20. The Morgan fingerprint density at radius 3 is 2.40 bits per heavy atom. The molecule has 0 unspecified atom stereocenters. The quantitative estimate of drug-likeness (QED) is 0.757. The number of benzene rings is 1. The van der Waals surface area contributed by atoms with Crippen LogP contribution in [0.3, 0.4) is 0 Å². The fourth-order valence-corrected chi connectivity index (χ4v) is 2.82. The Morgan fingerprint density at radius 2 is 1.73 bits per heavy atom. The van der Waals surface area contributed by atoms with Gasteiger partial charge in [0.1, 0.15) is 5.75 Å². The van der Waals surface area contributed by atoms with E-state index in [4.69, 9.17) is 23.2 Å². The standard InChI is InChI=1S/C12H14Cl2O/c13-9-6-10(12(15)11(14)7-9)8-4-2-1-3-5-8/h6-8,15H,1-5H2. The van der Waals surface area contributed by atoms with E-state index in [1.54, 1.807) is 6.07 Å². The Bertz CT molecular complexity index is 357. The van der Waals surface area contributed by atoms with Gasteiger partial charge in [-0.05, 0) is 36.5 Å². The minimum atomic E-state index is 0.216. The molecule has 0 aliphatic heterocycles. The molecule has 2 rings (SSSR count). The van der Waals surface area contributed by atoms with Crippen LogP contribution in [0, 0.1) is 0 Å². The molecule has 3 heteroatoms. The SMILES string of the molecule is Oc1c(Cl)cc(Cl)cc1C1CCCCC1. The Kier molecular flexibility index (Phi) is 3.42. The predicted molar refractivity (Wildman–Crippen MR) is 64.0 cm³/mol. The molecule has 0 atom stereocenters. The van der Waals surface area contributed by atoms with Crippen molar-refractivity contribution < 1.29 is 5.11 Å². The van der Waals surface area contributed by atoms with Crippen molar-refractivity contribution in [1.29, 1.82) is 0 Å². The molecule has 1 nitrogen and oxygen atoms in total. The summed E-state index contributed by atoms with van der Waals surface area (Å²) in [5, 5.41) is 10.9. The highest BCUT2D eigenvalue weighted by Crippen LogP contribution is 2.41. The normalized spacial score (nSPS) is 18.0. The van der Waals surface area contributed by atoms with Gasteiger partial charge in [0.05, 0.1) is 5.02 Å². The van der Waals surface area contributed by atoms with Gasteiger partial charge >= 0.3 is 0 Å². The smallest absolute Gasteiger partial charge is 0.137 e. The highest BCUT2D eigenvalue weighted by molar-refractivity contribution is 6.35. The van der Waals surface area contributed by atoms with E-state index in [-0.39, 0.29) is 5.75 Å². The lowest BCUT2D eigenvalue weighted by atomic mass is 9.84. The van der Waals surface area contributed by atoms with Crippen molar-refractivity contribution in [2.45, 2.75) is 38.0 Å². The Labute approximate surface area is 100 Å². The first kappa shape index (κ1) is 11.1. The topological polar surface area (TPSA) is 20.2 Å². The van der Waals surface area contributed by atoms with Gasteiger partial charge < -0.3 is 5.11 Å². The van der Waals surface area contributed by atoms with E-state index >= 15 is 0 Å². The molecule has 0 radical (unpaired) electrons. The van der Waals surface area contributed by atoms with Crippen molar-refractivity contribution in [1.82, 2.24) is 0 Å². The first-order valence-corrected chi connectivity index (χ1v) is 6.12. The molecule has 0 amide bonds. The summed E-state index contributed by atoms with van der Waals surface area (Å²) in [6, 6.07) is 3.43. The zero-order valence-corrected chi connectivity index (χ0v) is 9.98. The van der Waals surface area contributed by atoms with Crippen LogP contribution in [0.15, 0.2) is 12.1 Å². The van der Waals surface area contributed by atoms with Crippen LogP contribution in [0.25, 0.3) is 0 Å². The Balaban J connectivity index is 2.33. The van der Waals surface area contributed by atoms with Gasteiger partial charge in [-0.15, -0.1) is 0 Å². The zero-order valence-electron chi connectivity index (χ0n) is 8.47. The van der Waals surface area contributed by atoms with Gasteiger partial charge in [-0.3, -0.25) is 0 Å². The lowest BCUT2D eigenvalue weighted by Gasteiger charge is -2.23. The number of hydrogen-bond donors (Lipinski definition) is 1. The van der Waals surface area contributed by atoms with Crippen LogP contribution < -0.4 is 0 Å². The molecule has 1 aliphatic carbocycles. The lowest BCUT2D eigenvalue weighted by molar-refractivity contribution is 0.414.